The molecule has 0 aliphatic carbocycles. The zero-order chi connectivity index (χ0) is 18.9. The Bertz CT molecular complexity index is 942. The number of ether oxygens (including phenoxy) is 2. The van der Waals surface area contributed by atoms with Gasteiger partial charge in [0, 0.05) is 17.2 Å². The Morgan fingerprint density at radius 2 is 1.68 bits per heavy atom. The molecule has 0 amide bonds. The number of nitrogens with zero attached hydrogens (tertiary/aromatic N) is 1. The molecule has 3 atom stereocenters. The number of hydrazine groups is 1. The van der Waals surface area contributed by atoms with Gasteiger partial charge in [-0.3, -0.25) is 0 Å². The average Bonchev–Trinajstić information content (AvgIpc) is 3.20. The Hall–Kier alpha value is -2.82. The van der Waals surface area contributed by atoms with Crippen LogP contribution in [-0.2, 0) is 0 Å². The van der Waals surface area contributed by atoms with E-state index >= 15 is 0 Å². The summed E-state index contributed by atoms with van der Waals surface area (Å²) in [6, 6.07) is 27.8. The molecule has 3 aromatic rings. The van der Waals surface area contributed by atoms with E-state index in [0.29, 0.717) is 6.61 Å². The monoisotopic (exact) mass is 372 g/mol. The lowest BCUT2D eigenvalue weighted by atomic mass is 9.95. The first-order valence-corrected chi connectivity index (χ1v) is 9.91. The van der Waals surface area contributed by atoms with E-state index in [4.69, 9.17) is 9.47 Å². The smallest absolute Gasteiger partial charge is 0.191 e. The van der Waals surface area contributed by atoms with Crippen LogP contribution in [0.25, 0.3) is 0 Å². The third-order valence-electron chi connectivity index (χ3n) is 5.55. The number of para-hydroxylation sites is 1. The standard InChI is InChI=1S/C24H24N2O2/c1-2-27-19-14-12-18(13-15-19)24-26-22(20-10-6-7-11-23(20)28-24)16-21(25-26)17-8-4-3-5-9-17/h3-15,21-22,24-25H,2,16H2,1H3/t21-,22+,24-/m0/s1. The molecule has 28 heavy (non-hydrogen) atoms. The van der Waals surface area contributed by atoms with Gasteiger partial charge < -0.3 is 9.47 Å². The van der Waals surface area contributed by atoms with Crippen molar-refractivity contribution in [2.45, 2.75) is 31.7 Å². The molecule has 0 spiro atoms. The van der Waals surface area contributed by atoms with E-state index in [-0.39, 0.29) is 18.3 Å². The lowest BCUT2D eigenvalue weighted by Gasteiger charge is -2.38. The molecule has 0 bridgehead atoms. The first-order valence-electron chi connectivity index (χ1n) is 9.91. The van der Waals surface area contributed by atoms with Crippen LogP contribution in [0.2, 0.25) is 0 Å². The molecule has 2 aliphatic heterocycles. The van der Waals surface area contributed by atoms with E-state index in [1.807, 2.05) is 25.1 Å². The first-order chi connectivity index (χ1) is 13.8. The molecule has 4 heteroatoms. The molecule has 5 rings (SSSR count). The lowest BCUT2D eigenvalue weighted by Crippen LogP contribution is -2.42. The van der Waals surface area contributed by atoms with Crippen LogP contribution in [0.3, 0.4) is 0 Å². The van der Waals surface area contributed by atoms with Crippen LogP contribution >= 0.6 is 0 Å². The summed E-state index contributed by atoms with van der Waals surface area (Å²) in [7, 11) is 0. The van der Waals surface area contributed by atoms with Gasteiger partial charge in [0.05, 0.1) is 12.6 Å². The number of hydrogen-bond donors (Lipinski definition) is 1. The molecule has 1 fully saturated rings. The quantitative estimate of drug-likeness (QED) is 0.685. The van der Waals surface area contributed by atoms with Gasteiger partial charge in [-0.05, 0) is 37.1 Å². The molecule has 0 radical (unpaired) electrons. The topological polar surface area (TPSA) is 33.7 Å². The normalized spacial score (nSPS) is 23.5. The number of hydrogen-bond acceptors (Lipinski definition) is 4. The maximum absolute atomic E-state index is 6.44. The van der Waals surface area contributed by atoms with Crippen molar-refractivity contribution < 1.29 is 9.47 Å². The van der Waals surface area contributed by atoms with Gasteiger partial charge >= 0.3 is 0 Å². The van der Waals surface area contributed by atoms with Crippen molar-refractivity contribution in [3.05, 3.63) is 95.6 Å². The predicted octanol–water partition coefficient (Wildman–Crippen LogP) is 5.17. The van der Waals surface area contributed by atoms with Crippen molar-refractivity contribution in [2.75, 3.05) is 6.61 Å². The minimum Gasteiger partial charge on any atom is -0.494 e. The van der Waals surface area contributed by atoms with Crippen LogP contribution in [0.4, 0.5) is 0 Å². The van der Waals surface area contributed by atoms with Gasteiger partial charge in [-0.15, -0.1) is 0 Å². The SMILES string of the molecule is CCOc1ccc([C@@H]2Oc3ccccc3[C@H]3C[C@@H](c4ccccc4)NN32)cc1. The van der Waals surface area contributed by atoms with Crippen molar-refractivity contribution in [1.82, 2.24) is 10.4 Å². The van der Waals surface area contributed by atoms with Gasteiger partial charge in [0.2, 0.25) is 0 Å². The van der Waals surface area contributed by atoms with E-state index in [1.54, 1.807) is 0 Å². The lowest BCUT2D eigenvalue weighted by molar-refractivity contribution is -0.0434. The fourth-order valence-corrected chi connectivity index (χ4v) is 4.23. The van der Waals surface area contributed by atoms with Gasteiger partial charge in [0.15, 0.2) is 6.23 Å². The molecular weight excluding hydrogens is 348 g/mol. The van der Waals surface area contributed by atoms with Crippen LogP contribution < -0.4 is 14.9 Å². The highest BCUT2D eigenvalue weighted by molar-refractivity contribution is 5.41. The second kappa shape index (κ2) is 7.30. The van der Waals surface area contributed by atoms with Gasteiger partial charge in [0.25, 0.3) is 0 Å². The van der Waals surface area contributed by atoms with Gasteiger partial charge in [-0.25, -0.2) is 5.43 Å². The highest BCUT2D eigenvalue weighted by atomic mass is 16.5. The fraction of sp³-hybridized carbons (Fsp3) is 0.250. The number of benzene rings is 3. The molecule has 2 aliphatic rings. The Kier molecular flexibility index (Phi) is 4.51. The summed E-state index contributed by atoms with van der Waals surface area (Å²) >= 11 is 0. The van der Waals surface area contributed by atoms with Crippen LogP contribution in [0.5, 0.6) is 11.5 Å². The molecule has 3 aromatic carbocycles. The zero-order valence-electron chi connectivity index (χ0n) is 15.9. The van der Waals surface area contributed by atoms with Crippen molar-refractivity contribution in [2.24, 2.45) is 0 Å². The van der Waals surface area contributed by atoms with Crippen LogP contribution in [0.1, 0.15) is 48.3 Å². The third-order valence-corrected chi connectivity index (χ3v) is 5.55. The summed E-state index contributed by atoms with van der Waals surface area (Å²) < 4.78 is 12.0. The molecule has 4 nitrogen and oxygen atoms in total. The summed E-state index contributed by atoms with van der Waals surface area (Å²) in [6.07, 6.45) is 0.835. The van der Waals surface area contributed by atoms with Gasteiger partial charge in [-0.2, -0.15) is 5.01 Å². The van der Waals surface area contributed by atoms with Crippen molar-refractivity contribution >= 4 is 0 Å². The molecule has 2 heterocycles. The van der Waals surface area contributed by atoms with Crippen LogP contribution in [-0.4, -0.2) is 11.6 Å². The molecule has 1 saturated heterocycles. The summed E-state index contributed by atoms with van der Waals surface area (Å²) in [5.74, 6) is 1.86. The molecule has 0 aromatic heterocycles. The van der Waals surface area contributed by atoms with E-state index in [2.05, 4.69) is 71.1 Å². The van der Waals surface area contributed by atoms with Crippen LogP contribution in [0, 0.1) is 0 Å². The summed E-state index contributed by atoms with van der Waals surface area (Å²) in [6.45, 7) is 2.67. The Morgan fingerprint density at radius 3 is 2.46 bits per heavy atom. The minimum absolute atomic E-state index is 0.177. The maximum Gasteiger partial charge on any atom is 0.191 e. The van der Waals surface area contributed by atoms with E-state index in [0.717, 1.165) is 23.5 Å². The highest BCUT2D eigenvalue weighted by Gasteiger charge is 2.43. The number of rotatable bonds is 4. The first kappa shape index (κ1) is 17.3. The maximum atomic E-state index is 6.44. The molecule has 0 unspecified atom stereocenters. The second-order valence-electron chi connectivity index (χ2n) is 7.26. The predicted molar refractivity (Wildman–Crippen MR) is 109 cm³/mol. The van der Waals surface area contributed by atoms with Crippen molar-refractivity contribution in [1.29, 1.82) is 0 Å². The molecule has 1 N–H and O–H groups in total. The highest BCUT2D eigenvalue weighted by Crippen LogP contribution is 2.48. The minimum atomic E-state index is -0.177. The number of nitrogens with one attached hydrogen (secondary N) is 1. The Labute approximate surface area is 165 Å². The van der Waals surface area contributed by atoms with E-state index < -0.39 is 0 Å². The second-order valence-corrected chi connectivity index (χ2v) is 7.26. The fourth-order valence-electron chi connectivity index (χ4n) is 4.23. The average molecular weight is 372 g/mol. The van der Waals surface area contributed by atoms with Gasteiger partial charge in [-0.1, -0.05) is 60.7 Å². The van der Waals surface area contributed by atoms with Gasteiger partial charge in [0.1, 0.15) is 11.5 Å². The summed E-state index contributed by atoms with van der Waals surface area (Å²) in [5.41, 5.74) is 7.38. The molecule has 142 valence electrons. The summed E-state index contributed by atoms with van der Waals surface area (Å²) in [4.78, 5) is 0. The third kappa shape index (κ3) is 3.05. The Balaban J connectivity index is 1.50. The van der Waals surface area contributed by atoms with Crippen molar-refractivity contribution in [3.8, 4) is 11.5 Å². The molecule has 0 saturated carbocycles. The van der Waals surface area contributed by atoms with Crippen molar-refractivity contribution in [3.63, 3.8) is 0 Å². The van der Waals surface area contributed by atoms with E-state index in [1.165, 1.54) is 11.1 Å². The summed E-state index contributed by atoms with van der Waals surface area (Å²) in [5, 5.41) is 2.27. The van der Waals surface area contributed by atoms with E-state index in [9.17, 15) is 0 Å². The molecular formula is C24H24N2O2. The zero-order valence-corrected chi connectivity index (χ0v) is 15.9. The largest absolute Gasteiger partial charge is 0.494 e. The van der Waals surface area contributed by atoms with Crippen LogP contribution in [0.15, 0.2) is 78.9 Å². The Morgan fingerprint density at radius 1 is 0.929 bits per heavy atom. The number of fused-ring (bicyclic) bond motifs is 3.